The van der Waals surface area contributed by atoms with Crippen molar-refractivity contribution in [2.24, 2.45) is 5.92 Å². The number of carbonyl (C=O) groups excluding carboxylic acids is 1. The van der Waals surface area contributed by atoms with Gasteiger partial charge in [-0.2, -0.15) is 13.2 Å². The largest absolute Gasteiger partial charge is 0.481 e. The molecule has 0 saturated heterocycles. The van der Waals surface area contributed by atoms with E-state index in [0.29, 0.717) is 16.7 Å². The summed E-state index contributed by atoms with van der Waals surface area (Å²) in [5.41, 5.74) is 0.779. The van der Waals surface area contributed by atoms with Crippen molar-refractivity contribution in [1.82, 2.24) is 0 Å². The minimum atomic E-state index is -4.56. The molecule has 4 aromatic carbocycles. The first kappa shape index (κ1) is 28.2. The molecule has 1 N–H and O–H groups in total. The molecule has 1 aliphatic carbocycles. The number of furan rings is 1. The summed E-state index contributed by atoms with van der Waals surface area (Å²) in [5, 5.41) is 11.8. The molecule has 0 radical (unpaired) electrons. The van der Waals surface area contributed by atoms with Crippen LogP contribution in [0.3, 0.4) is 0 Å². The number of allylic oxidation sites excluding steroid dienone is 4. The molecule has 4 nitrogen and oxygen atoms in total. The van der Waals surface area contributed by atoms with E-state index in [1.165, 1.54) is 12.1 Å². The van der Waals surface area contributed by atoms with E-state index in [1.807, 2.05) is 84.9 Å². The summed E-state index contributed by atoms with van der Waals surface area (Å²) in [6.45, 7) is 0. The van der Waals surface area contributed by atoms with Gasteiger partial charge in [0.1, 0.15) is 11.2 Å². The minimum Gasteiger partial charge on any atom is -0.481 e. The molecule has 216 valence electrons. The smallest absolute Gasteiger partial charge is 0.416 e. The van der Waals surface area contributed by atoms with Gasteiger partial charge in [0.25, 0.3) is 0 Å². The van der Waals surface area contributed by atoms with Crippen LogP contribution in [0.1, 0.15) is 34.6 Å². The molecule has 0 bridgehead atoms. The lowest BCUT2D eigenvalue weighted by molar-refractivity contribution is -0.144. The molecule has 0 spiro atoms. The lowest BCUT2D eigenvalue weighted by Gasteiger charge is -2.31. The molecule has 6 rings (SSSR count). The fourth-order valence-electron chi connectivity index (χ4n) is 5.92. The molecular formula is C36H27F3O4. The van der Waals surface area contributed by atoms with Crippen molar-refractivity contribution in [3.8, 4) is 0 Å². The molecule has 1 atom stereocenters. The maximum Gasteiger partial charge on any atom is 0.416 e. The number of alkyl halides is 3. The number of carbonyl (C=O) groups is 2. The van der Waals surface area contributed by atoms with Crippen LogP contribution in [-0.2, 0) is 27.6 Å². The van der Waals surface area contributed by atoms with Gasteiger partial charge in [-0.1, -0.05) is 109 Å². The number of rotatable bonds is 8. The fraction of sp³-hybridized carbons (Fsp3) is 0.167. The fourth-order valence-corrected chi connectivity index (χ4v) is 5.92. The molecule has 1 aliphatic rings. The lowest BCUT2D eigenvalue weighted by atomic mass is 9.69. The number of Topliss-reactive ketones (excluding diaryl/α,β-unsaturated/α-hetero) is 1. The van der Waals surface area contributed by atoms with E-state index >= 15 is 0 Å². The third-order valence-corrected chi connectivity index (χ3v) is 8.15. The molecule has 5 aromatic rings. The van der Waals surface area contributed by atoms with Crippen molar-refractivity contribution in [2.45, 2.75) is 30.4 Å². The minimum absolute atomic E-state index is 0.0996. The lowest BCUT2D eigenvalue weighted by Crippen LogP contribution is -2.36. The summed E-state index contributed by atoms with van der Waals surface area (Å²) in [6, 6.07) is 27.5. The van der Waals surface area contributed by atoms with Gasteiger partial charge in [0, 0.05) is 28.7 Å². The predicted octanol–water partition coefficient (Wildman–Crippen LogP) is 8.66. The Morgan fingerprint density at radius 2 is 1.51 bits per heavy atom. The molecular weight excluding hydrogens is 553 g/mol. The summed E-state index contributed by atoms with van der Waals surface area (Å²) in [7, 11) is 0. The molecule has 0 amide bonds. The number of halogens is 3. The topological polar surface area (TPSA) is 67.5 Å². The van der Waals surface area contributed by atoms with Crippen LogP contribution >= 0.6 is 0 Å². The van der Waals surface area contributed by atoms with Gasteiger partial charge >= 0.3 is 12.1 Å². The second-order valence-corrected chi connectivity index (χ2v) is 10.9. The Morgan fingerprint density at radius 3 is 2.23 bits per heavy atom. The van der Waals surface area contributed by atoms with Crippen LogP contribution < -0.4 is 0 Å². The maximum absolute atomic E-state index is 14.4. The molecule has 7 heteroatoms. The monoisotopic (exact) mass is 580 g/mol. The second-order valence-electron chi connectivity index (χ2n) is 10.9. The Kier molecular flexibility index (Phi) is 7.26. The quantitative estimate of drug-likeness (QED) is 0.187. The van der Waals surface area contributed by atoms with Crippen LogP contribution in [0.4, 0.5) is 13.2 Å². The summed E-state index contributed by atoms with van der Waals surface area (Å²) < 4.78 is 46.2. The molecule has 1 unspecified atom stereocenters. The molecule has 1 aromatic heterocycles. The van der Waals surface area contributed by atoms with E-state index in [9.17, 15) is 27.9 Å². The van der Waals surface area contributed by atoms with E-state index in [-0.39, 0.29) is 23.7 Å². The third-order valence-electron chi connectivity index (χ3n) is 8.15. The number of carboxylic acid groups (broad SMARTS) is 1. The number of benzene rings is 4. The predicted molar refractivity (Wildman–Crippen MR) is 159 cm³/mol. The van der Waals surface area contributed by atoms with Crippen molar-refractivity contribution in [2.75, 3.05) is 0 Å². The van der Waals surface area contributed by atoms with Gasteiger partial charge in [-0.05, 0) is 29.7 Å². The van der Waals surface area contributed by atoms with Crippen molar-refractivity contribution in [3.63, 3.8) is 0 Å². The Bertz CT molecular complexity index is 1870. The Hall–Kier alpha value is -4.91. The zero-order valence-corrected chi connectivity index (χ0v) is 22.9. The summed E-state index contributed by atoms with van der Waals surface area (Å²) >= 11 is 0. The first-order chi connectivity index (χ1) is 20.7. The van der Waals surface area contributed by atoms with Crippen LogP contribution in [0.25, 0.3) is 21.9 Å². The van der Waals surface area contributed by atoms with Gasteiger partial charge < -0.3 is 9.52 Å². The summed E-state index contributed by atoms with van der Waals surface area (Å²) in [4.78, 5) is 26.7. The number of carboxylic acids is 1. The van der Waals surface area contributed by atoms with Gasteiger partial charge in [-0.15, -0.1) is 0 Å². The average Bonchev–Trinajstić information content (AvgIpc) is 3.40. The summed E-state index contributed by atoms with van der Waals surface area (Å²) in [5.74, 6) is -2.98. The van der Waals surface area contributed by atoms with Crippen molar-refractivity contribution in [3.05, 3.63) is 144 Å². The molecule has 1 heterocycles. The van der Waals surface area contributed by atoms with Crippen molar-refractivity contribution in [1.29, 1.82) is 0 Å². The van der Waals surface area contributed by atoms with Crippen molar-refractivity contribution < 1.29 is 32.3 Å². The van der Waals surface area contributed by atoms with Crippen LogP contribution in [0.15, 0.2) is 126 Å². The normalized spacial score (nSPS) is 19.1. The Morgan fingerprint density at radius 1 is 0.837 bits per heavy atom. The second kappa shape index (κ2) is 11.1. The van der Waals surface area contributed by atoms with E-state index < -0.39 is 35.5 Å². The molecule has 0 fully saturated rings. The van der Waals surface area contributed by atoms with Gasteiger partial charge in [-0.3, -0.25) is 9.59 Å². The number of hydrogen-bond acceptors (Lipinski definition) is 3. The van der Waals surface area contributed by atoms with Gasteiger partial charge in [-0.25, -0.2) is 0 Å². The van der Waals surface area contributed by atoms with E-state index in [4.69, 9.17) is 4.42 Å². The highest BCUT2D eigenvalue weighted by atomic mass is 19.4. The van der Waals surface area contributed by atoms with E-state index in [1.54, 1.807) is 12.2 Å². The first-order valence-corrected chi connectivity index (χ1v) is 13.9. The number of aliphatic carboxylic acids is 1. The standard InChI is InChI=1S/C36H27F3O4/c37-36(38,39)27-11-6-8-23(21-27)20-26(34(41)42)22-32(40)35(18-16-25(17-19-35)24-9-2-1-3-10-24)30-14-7-13-29-28-12-4-5-15-31(28)43-33(29)30/h1-19,21,25-26H,20,22H2,(H,41,42). The number of para-hydroxylation sites is 2. The highest BCUT2D eigenvalue weighted by molar-refractivity contribution is 6.09. The number of ketones is 1. The Balaban J connectivity index is 1.41. The molecule has 43 heavy (non-hydrogen) atoms. The number of fused-ring (bicyclic) bond motifs is 3. The zero-order valence-electron chi connectivity index (χ0n) is 22.9. The van der Waals surface area contributed by atoms with Gasteiger partial charge in [0.05, 0.1) is 16.9 Å². The van der Waals surface area contributed by atoms with E-state index in [0.717, 1.165) is 28.5 Å². The van der Waals surface area contributed by atoms with Crippen molar-refractivity contribution >= 4 is 33.7 Å². The van der Waals surface area contributed by atoms with Crippen LogP contribution in [0.5, 0.6) is 0 Å². The zero-order chi connectivity index (χ0) is 30.2. The molecule has 0 aliphatic heterocycles. The molecule has 0 saturated carbocycles. The van der Waals surface area contributed by atoms with Crippen LogP contribution in [-0.4, -0.2) is 16.9 Å². The van der Waals surface area contributed by atoms with Crippen LogP contribution in [0, 0.1) is 5.92 Å². The highest BCUT2D eigenvalue weighted by Crippen LogP contribution is 2.43. The van der Waals surface area contributed by atoms with Gasteiger partial charge in [0.15, 0.2) is 5.78 Å². The highest BCUT2D eigenvalue weighted by Gasteiger charge is 2.41. The summed E-state index contributed by atoms with van der Waals surface area (Å²) in [6.07, 6.45) is 2.28. The van der Waals surface area contributed by atoms with Crippen LogP contribution in [0.2, 0.25) is 0 Å². The average molecular weight is 581 g/mol. The SMILES string of the molecule is O=C(O)C(CC(=O)C1(c2cccc3c2oc2ccccc23)C=CC(c2ccccc2)C=C1)Cc1cccc(C(F)(F)F)c1. The third kappa shape index (κ3) is 5.39. The Labute approximate surface area is 245 Å². The number of hydrogen-bond donors (Lipinski definition) is 1. The first-order valence-electron chi connectivity index (χ1n) is 13.9. The maximum atomic E-state index is 14.4. The van der Waals surface area contributed by atoms with E-state index in [2.05, 4.69) is 0 Å². The van der Waals surface area contributed by atoms with Gasteiger partial charge in [0.2, 0.25) is 0 Å².